The van der Waals surface area contributed by atoms with Crippen LogP contribution in [0.1, 0.15) is 18.9 Å². The summed E-state index contributed by atoms with van der Waals surface area (Å²) in [5.41, 5.74) is 6.52. The van der Waals surface area contributed by atoms with Gasteiger partial charge >= 0.3 is 5.97 Å². The van der Waals surface area contributed by atoms with E-state index >= 15 is 0 Å². The SMILES string of the molecule is CC[C@@H](NC(=O)C(N)Cc1ccc(O)cc1)C(=O)O. The largest absolute Gasteiger partial charge is 0.508 e. The molecule has 0 saturated heterocycles. The van der Waals surface area contributed by atoms with Crippen LogP contribution in [0.15, 0.2) is 24.3 Å². The minimum Gasteiger partial charge on any atom is -0.508 e. The molecule has 0 aliphatic carbocycles. The summed E-state index contributed by atoms with van der Waals surface area (Å²) >= 11 is 0. The van der Waals surface area contributed by atoms with Crippen molar-refractivity contribution in [2.75, 3.05) is 0 Å². The number of aromatic hydroxyl groups is 1. The Labute approximate surface area is 111 Å². The highest BCUT2D eigenvalue weighted by Gasteiger charge is 2.21. The standard InChI is InChI=1S/C13H18N2O4/c1-2-11(13(18)19)15-12(17)10(14)7-8-3-5-9(16)6-4-8/h3-6,10-11,16H,2,7,14H2,1H3,(H,15,17)(H,18,19)/t10?,11-/m1/s1. The summed E-state index contributed by atoms with van der Waals surface area (Å²) in [6, 6.07) is 4.60. The molecule has 0 heterocycles. The van der Waals surface area contributed by atoms with Gasteiger partial charge in [0, 0.05) is 0 Å². The van der Waals surface area contributed by atoms with Crippen molar-refractivity contribution in [2.24, 2.45) is 5.73 Å². The number of carbonyl (C=O) groups excluding carboxylic acids is 1. The second kappa shape index (κ2) is 6.75. The number of phenols is 1. The van der Waals surface area contributed by atoms with E-state index in [1.807, 2.05) is 0 Å². The third-order valence-corrected chi connectivity index (χ3v) is 2.75. The molecule has 0 fully saturated rings. The van der Waals surface area contributed by atoms with Gasteiger partial charge in [-0.15, -0.1) is 0 Å². The molecular formula is C13H18N2O4. The molecule has 2 atom stereocenters. The van der Waals surface area contributed by atoms with Crippen LogP contribution in [0.25, 0.3) is 0 Å². The molecule has 0 aliphatic heterocycles. The molecule has 1 aromatic carbocycles. The van der Waals surface area contributed by atoms with Crippen LogP contribution in [-0.4, -0.2) is 34.2 Å². The van der Waals surface area contributed by atoms with Crippen molar-refractivity contribution in [3.63, 3.8) is 0 Å². The fourth-order valence-electron chi connectivity index (χ4n) is 1.60. The van der Waals surface area contributed by atoms with E-state index in [-0.39, 0.29) is 12.2 Å². The second-order valence-corrected chi connectivity index (χ2v) is 4.28. The molecule has 0 spiro atoms. The van der Waals surface area contributed by atoms with Gasteiger partial charge in [-0.3, -0.25) is 4.79 Å². The summed E-state index contributed by atoms with van der Waals surface area (Å²) in [6.07, 6.45) is 0.579. The lowest BCUT2D eigenvalue weighted by molar-refractivity contribution is -0.142. The zero-order valence-corrected chi connectivity index (χ0v) is 10.7. The Morgan fingerprint density at radius 3 is 2.37 bits per heavy atom. The number of carboxylic acid groups (broad SMARTS) is 1. The van der Waals surface area contributed by atoms with E-state index in [1.54, 1.807) is 19.1 Å². The molecule has 1 rings (SSSR count). The van der Waals surface area contributed by atoms with Gasteiger partial charge in [-0.25, -0.2) is 4.79 Å². The van der Waals surface area contributed by atoms with Gasteiger partial charge in [0.1, 0.15) is 11.8 Å². The predicted molar refractivity (Wildman–Crippen MR) is 69.6 cm³/mol. The molecule has 19 heavy (non-hydrogen) atoms. The summed E-state index contributed by atoms with van der Waals surface area (Å²) in [6.45, 7) is 1.67. The first kappa shape index (κ1) is 15.0. The Morgan fingerprint density at radius 1 is 1.32 bits per heavy atom. The molecule has 0 radical (unpaired) electrons. The highest BCUT2D eigenvalue weighted by Crippen LogP contribution is 2.11. The van der Waals surface area contributed by atoms with E-state index in [0.717, 1.165) is 5.56 Å². The van der Waals surface area contributed by atoms with E-state index in [2.05, 4.69) is 5.32 Å². The van der Waals surface area contributed by atoms with Gasteiger partial charge < -0.3 is 21.3 Å². The Hall–Kier alpha value is -2.08. The van der Waals surface area contributed by atoms with Crippen molar-refractivity contribution >= 4 is 11.9 Å². The van der Waals surface area contributed by atoms with Crippen LogP contribution in [0, 0.1) is 0 Å². The monoisotopic (exact) mass is 266 g/mol. The van der Waals surface area contributed by atoms with Crippen LogP contribution in [0.3, 0.4) is 0 Å². The number of carbonyl (C=O) groups is 2. The second-order valence-electron chi connectivity index (χ2n) is 4.28. The van der Waals surface area contributed by atoms with Crippen molar-refractivity contribution in [3.05, 3.63) is 29.8 Å². The van der Waals surface area contributed by atoms with Crippen molar-refractivity contribution in [1.29, 1.82) is 0 Å². The number of amides is 1. The normalized spacial score (nSPS) is 13.6. The summed E-state index contributed by atoms with van der Waals surface area (Å²) in [4.78, 5) is 22.5. The molecule has 6 nitrogen and oxygen atoms in total. The first-order valence-corrected chi connectivity index (χ1v) is 6.00. The average Bonchev–Trinajstić information content (AvgIpc) is 2.37. The molecule has 0 saturated carbocycles. The predicted octanol–water partition coefficient (Wildman–Crippen LogP) is 0.241. The number of nitrogens with two attached hydrogens (primary N) is 1. The Morgan fingerprint density at radius 2 is 1.89 bits per heavy atom. The van der Waals surface area contributed by atoms with Gasteiger partial charge in [-0.05, 0) is 30.5 Å². The Kier molecular flexibility index (Phi) is 5.32. The van der Waals surface area contributed by atoms with E-state index in [9.17, 15) is 9.59 Å². The summed E-state index contributed by atoms with van der Waals surface area (Å²) in [5.74, 6) is -1.44. The van der Waals surface area contributed by atoms with E-state index in [0.29, 0.717) is 6.42 Å². The topological polar surface area (TPSA) is 113 Å². The van der Waals surface area contributed by atoms with Crippen molar-refractivity contribution in [1.82, 2.24) is 5.32 Å². The van der Waals surface area contributed by atoms with Gasteiger partial charge in [0.05, 0.1) is 6.04 Å². The number of aliphatic carboxylic acids is 1. The van der Waals surface area contributed by atoms with Crippen LogP contribution in [0.5, 0.6) is 5.75 Å². The summed E-state index contributed by atoms with van der Waals surface area (Å²) < 4.78 is 0. The molecule has 1 aromatic rings. The first-order valence-electron chi connectivity index (χ1n) is 6.00. The van der Waals surface area contributed by atoms with Crippen LogP contribution in [0.4, 0.5) is 0 Å². The molecule has 0 bridgehead atoms. The molecule has 104 valence electrons. The fourth-order valence-corrected chi connectivity index (χ4v) is 1.60. The number of phenolic OH excluding ortho intramolecular Hbond substituents is 1. The molecule has 0 aromatic heterocycles. The smallest absolute Gasteiger partial charge is 0.326 e. The third kappa shape index (κ3) is 4.59. The summed E-state index contributed by atoms with van der Waals surface area (Å²) in [7, 11) is 0. The lowest BCUT2D eigenvalue weighted by Crippen LogP contribution is -2.48. The van der Waals surface area contributed by atoms with Gasteiger partial charge in [0.2, 0.25) is 5.91 Å². The molecule has 1 amide bonds. The number of carboxylic acids is 1. The molecular weight excluding hydrogens is 248 g/mol. The van der Waals surface area contributed by atoms with Crippen LogP contribution in [-0.2, 0) is 16.0 Å². The maximum absolute atomic E-state index is 11.7. The molecule has 0 aliphatic rings. The van der Waals surface area contributed by atoms with Crippen molar-refractivity contribution < 1.29 is 19.8 Å². The first-order chi connectivity index (χ1) is 8.93. The fraction of sp³-hybridized carbons (Fsp3) is 0.385. The average molecular weight is 266 g/mol. The van der Waals surface area contributed by atoms with Gasteiger partial charge in [-0.2, -0.15) is 0 Å². The van der Waals surface area contributed by atoms with Crippen molar-refractivity contribution in [3.8, 4) is 5.75 Å². The highest BCUT2D eigenvalue weighted by atomic mass is 16.4. The van der Waals surface area contributed by atoms with Gasteiger partial charge in [0.15, 0.2) is 0 Å². The van der Waals surface area contributed by atoms with Gasteiger partial charge in [-0.1, -0.05) is 19.1 Å². The number of rotatable bonds is 6. The van der Waals surface area contributed by atoms with Crippen molar-refractivity contribution in [2.45, 2.75) is 31.8 Å². The van der Waals surface area contributed by atoms with Crippen LogP contribution in [0.2, 0.25) is 0 Å². The van der Waals surface area contributed by atoms with Crippen LogP contribution < -0.4 is 11.1 Å². The number of hydrogen-bond donors (Lipinski definition) is 4. The zero-order chi connectivity index (χ0) is 14.4. The quantitative estimate of drug-likeness (QED) is 0.589. The molecule has 5 N–H and O–H groups in total. The molecule has 6 heteroatoms. The number of hydrogen-bond acceptors (Lipinski definition) is 4. The molecule has 1 unspecified atom stereocenters. The van der Waals surface area contributed by atoms with Gasteiger partial charge in [0.25, 0.3) is 0 Å². The zero-order valence-electron chi connectivity index (χ0n) is 10.7. The summed E-state index contributed by atoms with van der Waals surface area (Å²) in [5, 5.41) is 20.4. The van der Waals surface area contributed by atoms with Crippen LogP contribution >= 0.6 is 0 Å². The van der Waals surface area contributed by atoms with E-state index in [4.69, 9.17) is 15.9 Å². The lowest BCUT2D eigenvalue weighted by atomic mass is 10.1. The number of benzene rings is 1. The minimum absolute atomic E-state index is 0.138. The lowest BCUT2D eigenvalue weighted by Gasteiger charge is -2.16. The Balaban J connectivity index is 2.57. The maximum Gasteiger partial charge on any atom is 0.326 e. The number of nitrogens with one attached hydrogen (secondary N) is 1. The Bertz CT molecular complexity index is 444. The minimum atomic E-state index is -1.08. The van der Waals surface area contributed by atoms with E-state index < -0.39 is 24.0 Å². The maximum atomic E-state index is 11.7. The third-order valence-electron chi connectivity index (χ3n) is 2.75. The highest BCUT2D eigenvalue weighted by molar-refractivity contribution is 5.86. The van der Waals surface area contributed by atoms with E-state index in [1.165, 1.54) is 12.1 Å².